The molecule has 20 heavy (non-hydrogen) atoms. The summed E-state index contributed by atoms with van der Waals surface area (Å²) in [5.41, 5.74) is 2.82. The van der Waals surface area contributed by atoms with Crippen molar-refractivity contribution in [1.29, 1.82) is 0 Å². The lowest BCUT2D eigenvalue weighted by molar-refractivity contribution is 0.628. The first-order valence-electron chi connectivity index (χ1n) is 7.02. The van der Waals surface area contributed by atoms with Gasteiger partial charge in [0.05, 0.1) is 5.69 Å². The van der Waals surface area contributed by atoms with E-state index in [2.05, 4.69) is 20.4 Å². The lowest BCUT2D eigenvalue weighted by Gasteiger charge is -2.20. The number of anilines is 1. The van der Waals surface area contributed by atoms with Gasteiger partial charge in [0.15, 0.2) is 5.82 Å². The predicted octanol–water partition coefficient (Wildman–Crippen LogP) is 2.32. The number of H-pyrrole nitrogens is 1. The molecular weight excluding hydrogens is 255 g/mol. The van der Waals surface area contributed by atoms with Crippen LogP contribution in [0.25, 0.3) is 11.3 Å². The van der Waals surface area contributed by atoms with E-state index in [0.717, 1.165) is 55.2 Å². The molecule has 1 aliphatic rings. The van der Waals surface area contributed by atoms with Gasteiger partial charge in [-0.2, -0.15) is 5.10 Å². The van der Waals surface area contributed by atoms with Gasteiger partial charge >= 0.3 is 0 Å². The summed E-state index contributed by atoms with van der Waals surface area (Å²) in [6, 6.07) is 6.61. The van der Waals surface area contributed by atoms with Gasteiger partial charge in [-0.05, 0) is 32.0 Å². The molecule has 0 saturated carbocycles. The molecule has 0 unspecified atom stereocenters. The second-order valence-electron chi connectivity index (χ2n) is 5.15. The van der Waals surface area contributed by atoms with Crippen molar-refractivity contribution in [2.45, 2.75) is 13.3 Å². The minimum Gasteiger partial charge on any atom is -0.354 e. The molecule has 1 aliphatic heterocycles. The molecule has 0 spiro atoms. The van der Waals surface area contributed by atoms with Crippen LogP contribution < -0.4 is 10.2 Å². The summed E-state index contributed by atoms with van der Waals surface area (Å²) in [7, 11) is 0. The van der Waals surface area contributed by atoms with Crippen LogP contribution in [0, 0.1) is 12.7 Å². The van der Waals surface area contributed by atoms with Crippen molar-refractivity contribution in [1.82, 2.24) is 15.5 Å². The number of halogens is 1. The van der Waals surface area contributed by atoms with E-state index in [4.69, 9.17) is 0 Å². The van der Waals surface area contributed by atoms with Gasteiger partial charge in [-0.15, -0.1) is 0 Å². The zero-order valence-corrected chi connectivity index (χ0v) is 11.6. The zero-order valence-electron chi connectivity index (χ0n) is 11.6. The minimum absolute atomic E-state index is 0.225. The Kier molecular flexibility index (Phi) is 3.69. The highest BCUT2D eigenvalue weighted by Gasteiger charge is 2.17. The van der Waals surface area contributed by atoms with Crippen LogP contribution in [-0.4, -0.2) is 36.4 Å². The van der Waals surface area contributed by atoms with Crippen LogP contribution in [-0.2, 0) is 0 Å². The second kappa shape index (κ2) is 5.63. The van der Waals surface area contributed by atoms with Crippen LogP contribution in [0.4, 0.5) is 10.2 Å². The van der Waals surface area contributed by atoms with Crippen LogP contribution in [0.15, 0.2) is 24.3 Å². The van der Waals surface area contributed by atoms with Crippen LogP contribution in [0.3, 0.4) is 0 Å². The molecule has 4 nitrogen and oxygen atoms in total. The molecule has 1 fully saturated rings. The summed E-state index contributed by atoms with van der Waals surface area (Å²) in [6.07, 6.45) is 1.11. The van der Waals surface area contributed by atoms with E-state index in [1.807, 2.05) is 13.0 Å². The average Bonchev–Trinajstić information content (AvgIpc) is 2.65. The molecule has 2 N–H and O–H groups in total. The number of benzene rings is 1. The highest BCUT2D eigenvalue weighted by atomic mass is 19.1. The fourth-order valence-corrected chi connectivity index (χ4v) is 2.68. The third kappa shape index (κ3) is 2.54. The summed E-state index contributed by atoms with van der Waals surface area (Å²) < 4.78 is 13.3. The largest absolute Gasteiger partial charge is 0.354 e. The Morgan fingerprint density at radius 3 is 3.00 bits per heavy atom. The number of hydrogen-bond donors (Lipinski definition) is 2. The number of aromatic nitrogens is 2. The molecule has 3 rings (SSSR count). The fourth-order valence-electron chi connectivity index (χ4n) is 2.68. The number of aromatic amines is 1. The molecule has 0 aliphatic carbocycles. The van der Waals surface area contributed by atoms with Crippen molar-refractivity contribution in [2.24, 2.45) is 0 Å². The van der Waals surface area contributed by atoms with Crippen molar-refractivity contribution >= 4 is 5.82 Å². The number of nitrogens with zero attached hydrogens (tertiary/aromatic N) is 2. The quantitative estimate of drug-likeness (QED) is 0.883. The van der Waals surface area contributed by atoms with Crippen LogP contribution in [0.5, 0.6) is 0 Å². The van der Waals surface area contributed by atoms with Crippen molar-refractivity contribution in [3.05, 3.63) is 35.6 Å². The molecule has 2 aromatic rings. The van der Waals surface area contributed by atoms with Crippen molar-refractivity contribution in [3.63, 3.8) is 0 Å². The van der Waals surface area contributed by atoms with E-state index < -0.39 is 0 Å². The Morgan fingerprint density at radius 1 is 1.25 bits per heavy atom. The highest BCUT2D eigenvalue weighted by Crippen LogP contribution is 2.28. The molecular formula is C15H19FN4. The van der Waals surface area contributed by atoms with E-state index in [-0.39, 0.29) is 5.82 Å². The van der Waals surface area contributed by atoms with E-state index in [9.17, 15) is 4.39 Å². The normalized spacial score (nSPS) is 16.2. The van der Waals surface area contributed by atoms with Crippen molar-refractivity contribution in [2.75, 3.05) is 31.1 Å². The Balaban J connectivity index is 1.91. The second-order valence-corrected chi connectivity index (χ2v) is 5.15. The SMILES string of the molecule is Cc1c(N2CCCNCC2)n[nH]c1-c1cccc(F)c1. The Hall–Kier alpha value is -1.88. The van der Waals surface area contributed by atoms with Gasteiger partial charge in [0.1, 0.15) is 5.82 Å². The summed E-state index contributed by atoms with van der Waals surface area (Å²) in [6.45, 7) is 6.02. The first-order valence-corrected chi connectivity index (χ1v) is 7.02. The minimum atomic E-state index is -0.225. The fraction of sp³-hybridized carbons (Fsp3) is 0.400. The summed E-state index contributed by atoms with van der Waals surface area (Å²) in [5, 5.41) is 10.9. The number of hydrogen-bond acceptors (Lipinski definition) is 3. The molecule has 0 radical (unpaired) electrons. The van der Waals surface area contributed by atoms with Crippen LogP contribution in [0.1, 0.15) is 12.0 Å². The van der Waals surface area contributed by atoms with Gasteiger partial charge < -0.3 is 10.2 Å². The first kappa shape index (κ1) is 13.1. The summed E-state index contributed by atoms with van der Waals surface area (Å²) in [4.78, 5) is 2.29. The maximum Gasteiger partial charge on any atom is 0.153 e. The smallest absolute Gasteiger partial charge is 0.153 e. The summed E-state index contributed by atoms with van der Waals surface area (Å²) >= 11 is 0. The van der Waals surface area contributed by atoms with Crippen molar-refractivity contribution in [3.8, 4) is 11.3 Å². The van der Waals surface area contributed by atoms with E-state index >= 15 is 0 Å². The average molecular weight is 274 g/mol. The molecule has 106 valence electrons. The lowest BCUT2D eigenvalue weighted by Crippen LogP contribution is -2.28. The summed E-state index contributed by atoms with van der Waals surface area (Å²) in [5.74, 6) is 0.755. The lowest BCUT2D eigenvalue weighted by atomic mass is 10.1. The molecule has 2 heterocycles. The molecule has 1 aromatic carbocycles. The van der Waals surface area contributed by atoms with Gasteiger partial charge in [-0.1, -0.05) is 12.1 Å². The Morgan fingerprint density at radius 2 is 2.15 bits per heavy atom. The molecule has 0 bridgehead atoms. The molecule has 0 amide bonds. The van der Waals surface area contributed by atoms with Gasteiger partial charge in [0, 0.05) is 30.8 Å². The van der Waals surface area contributed by atoms with E-state index in [1.165, 1.54) is 12.1 Å². The standard InChI is InChI=1S/C15H19FN4/c1-11-14(12-4-2-5-13(16)10-12)18-19-15(11)20-8-3-6-17-7-9-20/h2,4-5,10,17H,3,6-9H2,1H3,(H,18,19). The first-order chi connectivity index (χ1) is 9.75. The molecule has 5 heteroatoms. The molecule has 1 saturated heterocycles. The Bertz CT molecular complexity index is 585. The topological polar surface area (TPSA) is 44.0 Å². The third-order valence-electron chi connectivity index (χ3n) is 3.74. The maximum atomic E-state index is 13.3. The van der Waals surface area contributed by atoms with Gasteiger partial charge in [-0.25, -0.2) is 4.39 Å². The van der Waals surface area contributed by atoms with Gasteiger partial charge in [0.2, 0.25) is 0 Å². The van der Waals surface area contributed by atoms with Crippen molar-refractivity contribution < 1.29 is 4.39 Å². The van der Waals surface area contributed by atoms with Crippen LogP contribution >= 0.6 is 0 Å². The zero-order chi connectivity index (χ0) is 13.9. The number of rotatable bonds is 2. The van der Waals surface area contributed by atoms with Crippen LogP contribution in [0.2, 0.25) is 0 Å². The van der Waals surface area contributed by atoms with E-state index in [0.29, 0.717) is 0 Å². The maximum absolute atomic E-state index is 13.3. The third-order valence-corrected chi connectivity index (χ3v) is 3.74. The van der Waals surface area contributed by atoms with Gasteiger partial charge in [0.25, 0.3) is 0 Å². The van der Waals surface area contributed by atoms with E-state index in [1.54, 1.807) is 6.07 Å². The number of nitrogens with one attached hydrogen (secondary N) is 2. The Labute approximate surface area is 118 Å². The molecule has 1 aromatic heterocycles. The monoisotopic (exact) mass is 274 g/mol. The van der Waals surface area contributed by atoms with Gasteiger partial charge in [-0.3, -0.25) is 5.10 Å². The predicted molar refractivity (Wildman–Crippen MR) is 78.4 cm³/mol. The highest BCUT2D eigenvalue weighted by molar-refractivity contribution is 5.69. The molecule has 0 atom stereocenters.